The molecule has 0 radical (unpaired) electrons. The normalized spacial score (nSPS) is 10.4. The van der Waals surface area contributed by atoms with Crippen molar-refractivity contribution in [3.05, 3.63) is 45.3 Å². The van der Waals surface area contributed by atoms with Crippen molar-refractivity contribution >= 4 is 39.0 Å². The van der Waals surface area contributed by atoms with Gasteiger partial charge in [0.15, 0.2) is 0 Å². The summed E-state index contributed by atoms with van der Waals surface area (Å²) in [5.74, 6) is 1.35. The molecule has 1 heterocycles. The minimum atomic E-state index is 0.439. The summed E-state index contributed by atoms with van der Waals surface area (Å²) in [6.07, 6.45) is 0. The zero-order valence-electron chi connectivity index (χ0n) is 9.46. The summed E-state index contributed by atoms with van der Waals surface area (Å²) in [5.41, 5.74) is 2.13. The van der Waals surface area contributed by atoms with Crippen molar-refractivity contribution in [2.75, 3.05) is 5.32 Å². The highest BCUT2D eigenvalue weighted by Crippen LogP contribution is 2.23. The molecule has 0 amide bonds. The highest BCUT2D eigenvalue weighted by atomic mass is 79.9. The Balaban J connectivity index is 2.28. The van der Waals surface area contributed by atoms with E-state index in [2.05, 4.69) is 31.2 Å². The number of nitrogens with one attached hydrogen (secondary N) is 1. The molecule has 1 aromatic heterocycles. The van der Waals surface area contributed by atoms with Crippen molar-refractivity contribution in [2.45, 2.75) is 13.8 Å². The van der Waals surface area contributed by atoms with Gasteiger partial charge in [-0.05, 0) is 37.6 Å². The second-order valence-electron chi connectivity index (χ2n) is 3.71. The Labute approximate surface area is 113 Å². The Morgan fingerprint density at radius 2 is 1.94 bits per heavy atom. The number of anilines is 2. The molecule has 1 aromatic carbocycles. The second-order valence-corrected chi connectivity index (χ2v) is 4.95. The van der Waals surface area contributed by atoms with Gasteiger partial charge in [0, 0.05) is 16.2 Å². The van der Waals surface area contributed by atoms with Crippen LogP contribution < -0.4 is 5.32 Å². The lowest BCUT2D eigenvalue weighted by Gasteiger charge is -2.08. The average molecular weight is 313 g/mol. The van der Waals surface area contributed by atoms with E-state index < -0.39 is 0 Å². The standard InChI is InChI=1S/C12H11BrClN3/c1-7-5-9(3-4-10(7)13)17-12-6-11(14)15-8(2)16-12/h3-6H,1-2H3,(H,15,16,17). The van der Waals surface area contributed by atoms with E-state index in [1.54, 1.807) is 6.07 Å². The quantitative estimate of drug-likeness (QED) is 0.842. The summed E-state index contributed by atoms with van der Waals surface area (Å²) in [4.78, 5) is 8.28. The molecule has 0 bridgehead atoms. The Hall–Kier alpha value is -1.13. The number of aryl methyl sites for hydroxylation is 2. The van der Waals surface area contributed by atoms with E-state index in [1.807, 2.05) is 32.0 Å². The third kappa shape index (κ3) is 3.17. The maximum Gasteiger partial charge on any atom is 0.135 e. The monoisotopic (exact) mass is 311 g/mol. The Morgan fingerprint density at radius 3 is 2.59 bits per heavy atom. The van der Waals surface area contributed by atoms with Crippen molar-refractivity contribution in [2.24, 2.45) is 0 Å². The van der Waals surface area contributed by atoms with Gasteiger partial charge in [-0.2, -0.15) is 0 Å². The van der Waals surface area contributed by atoms with E-state index in [0.717, 1.165) is 15.7 Å². The van der Waals surface area contributed by atoms with Gasteiger partial charge in [0.1, 0.15) is 16.8 Å². The maximum atomic E-state index is 5.87. The number of nitrogens with zero attached hydrogens (tertiary/aromatic N) is 2. The van der Waals surface area contributed by atoms with E-state index >= 15 is 0 Å². The smallest absolute Gasteiger partial charge is 0.135 e. The van der Waals surface area contributed by atoms with Crippen LogP contribution in [0.5, 0.6) is 0 Å². The van der Waals surface area contributed by atoms with Crippen LogP contribution in [0, 0.1) is 13.8 Å². The molecule has 0 saturated carbocycles. The number of benzene rings is 1. The Morgan fingerprint density at radius 1 is 1.18 bits per heavy atom. The third-order valence-electron chi connectivity index (χ3n) is 2.24. The molecule has 17 heavy (non-hydrogen) atoms. The maximum absolute atomic E-state index is 5.87. The van der Waals surface area contributed by atoms with Crippen molar-refractivity contribution in [1.82, 2.24) is 9.97 Å². The molecule has 0 fully saturated rings. The van der Waals surface area contributed by atoms with Gasteiger partial charge in [0.2, 0.25) is 0 Å². The summed E-state index contributed by atoms with van der Waals surface area (Å²) < 4.78 is 1.08. The fourth-order valence-corrected chi connectivity index (χ4v) is 1.94. The molecule has 0 saturated heterocycles. The number of halogens is 2. The van der Waals surface area contributed by atoms with Gasteiger partial charge in [0.25, 0.3) is 0 Å². The molecular formula is C12H11BrClN3. The van der Waals surface area contributed by atoms with Gasteiger partial charge in [0.05, 0.1) is 0 Å². The van der Waals surface area contributed by atoms with Crippen molar-refractivity contribution < 1.29 is 0 Å². The van der Waals surface area contributed by atoms with Crippen molar-refractivity contribution in [1.29, 1.82) is 0 Å². The molecule has 88 valence electrons. The van der Waals surface area contributed by atoms with Crippen LogP contribution in [-0.2, 0) is 0 Å². The third-order valence-corrected chi connectivity index (χ3v) is 3.32. The Bertz CT molecular complexity index is 537. The average Bonchev–Trinajstić information content (AvgIpc) is 2.22. The molecule has 2 aromatic rings. The molecule has 2 rings (SSSR count). The van der Waals surface area contributed by atoms with Crippen LogP contribution in [0.2, 0.25) is 5.15 Å². The lowest BCUT2D eigenvalue weighted by Crippen LogP contribution is -1.97. The summed E-state index contributed by atoms with van der Waals surface area (Å²) in [6.45, 7) is 3.84. The number of hydrogen-bond acceptors (Lipinski definition) is 3. The van der Waals surface area contributed by atoms with E-state index in [1.165, 1.54) is 0 Å². The largest absolute Gasteiger partial charge is 0.340 e. The highest BCUT2D eigenvalue weighted by molar-refractivity contribution is 9.10. The summed E-state index contributed by atoms with van der Waals surface area (Å²) >= 11 is 9.34. The zero-order chi connectivity index (χ0) is 12.4. The first-order valence-electron chi connectivity index (χ1n) is 5.09. The van der Waals surface area contributed by atoms with Gasteiger partial charge in [-0.15, -0.1) is 0 Å². The van der Waals surface area contributed by atoms with Crippen molar-refractivity contribution in [3.8, 4) is 0 Å². The fourth-order valence-electron chi connectivity index (χ4n) is 1.47. The van der Waals surface area contributed by atoms with Crippen LogP contribution in [0.1, 0.15) is 11.4 Å². The lowest BCUT2D eigenvalue weighted by molar-refractivity contribution is 1.06. The molecule has 0 aliphatic heterocycles. The summed E-state index contributed by atoms with van der Waals surface area (Å²) in [5, 5.41) is 3.64. The molecule has 0 aliphatic carbocycles. The number of rotatable bonds is 2. The van der Waals surface area contributed by atoms with E-state index in [9.17, 15) is 0 Å². The van der Waals surface area contributed by atoms with Crippen LogP contribution >= 0.6 is 27.5 Å². The predicted molar refractivity (Wildman–Crippen MR) is 73.9 cm³/mol. The minimum absolute atomic E-state index is 0.439. The molecule has 3 nitrogen and oxygen atoms in total. The molecule has 0 unspecified atom stereocenters. The first-order valence-corrected chi connectivity index (χ1v) is 6.26. The van der Waals surface area contributed by atoms with Crippen LogP contribution in [0.3, 0.4) is 0 Å². The van der Waals surface area contributed by atoms with E-state index in [0.29, 0.717) is 16.8 Å². The minimum Gasteiger partial charge on any atom is -0.340 e. The second kappa shape index (κ2) is 5.02. The van der Waals surface area contributed by atoms with Crippen LogP contribution in [0.15, 0.2) is 28.7 Å². The predicted octanol–water partition coefficient (Wildman–Crippen LogP) is 4.25. The van der Waals surface area contributed by atoms with Crippen LogP contribution in [-0.4, -0.2) is 9.97 Å². The first kappa shape index (κ1) is 12.3. The van der Waals surface area contributed by atoms with Gasteiger partial charge in [-0.25, -0.2) is 9.97 Å². The van der Waals surface area contributed by atoms with Crippen molar-refractivity contribution in [3.63, 3.8) is 0 Å². The summed E-state index contributed by atoms with van der Waals surface area (Å²) in [6, 6.07) is 7.71. The molecule has 5 heteroatoms. The molecule has 0 aliphatic rings. The van der Waals surface area contributed by atoms with Gasteiger partial charge < -0.3 is 5.32 Å². The van der Waals surface area contributed by atoms with E-state index in [4.69, 9.17) is 11.6 Å². The van der Waals surface area contributed by atoms with Gasteiger partial charge >= 0.3 is 0 Å². The first-order chi connectivity index (χ1) is 8.04. The van der Waals surface area contributed by atoms with Gasteiger partial charge in [-0.1, -0.05) is 27.5 Å². The molecule has 1 N–H and O–H groups in total. The number of hydrogen-bond donors (Lipinski definition) is 1. The molecular weight excluding hydrogens is 302 g/mol. The topological polar surface area (TPSA) is 37.8 Å². The summed E-state index contributed by atoms with van der Waals surface area (Å²) in [7, 11) is 0. The fraction of sp³-hybridized carbons (Fsp3) is 0.167. The SMILES string of the molecule is Cc1nc(Cl)cc(Nc2ccc(Br)c(C)c2)n1. The lowest BCUT2D eigenvalue weighted by atomic mass is 10.2. The zero-order valence-corrected chi connectivity index (χ0v) is 11.8. The van der Waals surface area contributed by atoms with Gasteiger partial charge in [-0.3, -0.25) is 0 Å². The number of aromatic nitrogens is 2. The molecule has 0 spiro atoms. The van der Waals surface area contributed by atoms with Crippen LogP contribution in [0.25, 0.3) is 0 Å². The van der Waals surface area contributed by atoms with Crippen LogP contribution in [0.4, 0.5) is 11.5 Å². The van der Waals surface area contributed by atoms with E-state index in [-0.39, 0.29) is 0 Å². The Kier molecular flexibility index (Phi) is 3.64. The highest BCUT2D eigenvalue weighted by Gasteiger charge is 2.02. The molecule has 0 atom stereocenters.